The van der Waals surface area contributed by atoms with Crippen LogP contribution in [0.1, 0.15) is 11.1 Å². The first kappa shape index (κ1) is 12.7. The number of H-pyrrole nitrogens is 1. The third kappa shape index (κ3) is 2.92. The average molecular weight is 267 g/mol. The van der Waals surface area contributed by atoms with Gasteiger partial charge in [-0.1, -0.05) is 6.07 Å². The molecule has 0 unspecified atom stereocenters. The van der Waals surface area contributed by atoms with E-state index in [0.717, 1.165) is 11.1 Å². The predicted octanol–water partition coefficient (Wildman–Crippen LogP) is -0.258. The summed E-state index contributed by atoms with van der Waals surface area (Å²) in [4.78, 5) is 3.87. The highest BCUT2D eigenvalue weighted by atomic mass is 32.2. The number of nitrogens with zero attached hydrogens (tertiary/aromatic N) is 2. The summed E-state index contributed by atoms with van der Waals surface area (Å²) in [5.74, 6) is 0. The van der Waals surface area contributed by atoms with Crippen LogP contribution in [0.25, 0.3) is 0 Å². The molecule has 0 aliphatic heterocycles. The van der Waals surface area contributed by atoms with Crippen LogP contribution >= 0.6 is 0 Å². The van der Waals surface area contributed by atoms with Crippen LogP contribution in [-0.4, -0.2) is 23.6 Å². The maximum Gasteiger partial charge on any atom is 0.258 e. The van der Waals surface area contributed by atoms with Gasteiger partial charge < -0.3 is 5.73 Å². The molecular weight excluding hydrogens is 254 g/mol. The summed E-state index contributed by atoms with van der Waals surface area (Å²) in [7, 11) is -3.60. The largest absolute Gasteiger partial charge is 0.326 e. The van der Waals surface area contributed by atoms with E-state index in [1.807, 2.05) is 0 Å². The summed E-state index contributed by atoms with van der Waals surface area (Å²) >= 11 is 0. The Bertz CT molecular complexity index is 592. The van der Waals surface area contributed by atoms with Crippen LogP contribution in [0.5, 0.6) is 0 Å². The summed E-state index contributed by atoms with van der Waals surface area (Å²) in [5.41, 5.74) is 6.94. The maximum atomic E-state index is 11.9. The van der Waals surface area contributed by atoms with Crippen molar-refractivity contribution in [2.24, 2.45) is 5.73 Å². The van der Waals surface area contributed by atoms with E-state index < -0.39 is 10.0 Å². The fourth-order valence-electron chi connectivity index (χ4n) is 1.32. The maximum absolute atomic E-state index is 11.9. The number of nitrogens with two attached hydrogens (primary N) is 1. The van der Waals surface area contributed by atoms with Crippen LogP contribution in [0.4, 0.5) is 0 Å². The molecule has 0 saturated carbocycles. The summed E-state index contributed by atoms with van der Waals surface area (Å²) < 4.78 is 26.2. The lowest BCUT2D eigenvalue weighted by atomic mass is 10.3. The van der Waals surface area contributed by atoms with Crippen LogP contribution in [0.15, 0.2) is 35.7 Å². The minimum absolute atomic E-state index is 0.0248. The lowest BCUT2D eigenvalue weighted by Crippen LogP contribution is -2.24. The minimum atomic E-state index is -3.60. The van der Waals surface area contributed by atoms with Gasteiger partial charge in [0, 0.05) is 31.0 Å². The first-order valence-corrected chi connectivity index (χ1v) is 6.72. The number of rotatable bonds is 5. The standard InChI is InChI=1S/C10H13N5O2S/c11-3-8-1-2-10(12-4-8)18(16,17)15-7-9-5-13-14-6-9/h1-2,4-6,15H,3,7,11H2,(H,13,14). The fourth-order valence-corrected chi connectivity index (χ4v) is 2.26. The number of aromatic amines is 1. The normalized spacial score (nSPS) is 11.6. The van der Waals surface area contributed by atoms with Gasteiger partial charge in [0.2, 0.25) is 0 Å². The van der Waals surface area contributed by atoms with Crippen molar-refractivity contribution in [1.82, 2.24) is 19.9 Å². The molecule has 0 aliphatic carbocycles. The van der Waals surface area contributed by atoms with Gasteiger partial charge in [-0.3, -0.25) is 5.10 Å². The fraction of sp³-hybridized carbons (Fsp3) is 0.200. The molecule has 4 N–H and O–H groups in total. The Balaban J connectivity index is 2.09. The van der Waals surface area contributed by atoms with Crippen LogP contribution < -0.4 is 10.5 Å². The topological polar surface area (TPSA) is 114 Å². The van der Waals surface area contributed by atoms with E-state index in [9.17, 15) is 8.42 Å². The van der Waals surface area contributed by atoms with Crippen molar-refractivity contribution in [3.8, 4) is 0 Å². The third-order valence-electron chi connectivity index (χ3n) is 2.33. The quantitative estimate of drug-likeness (QED) is 0.690. The van der Waals surface area contributed by atoms with E-state index in [1.165, 1.54) is 12.3 Å². The highest BCUT2D eigenvalue weighted by molar-refractivity contribution is 7.89. The highest BCUT2D eigenvalue weighted by Gasteiger charge is 2.15. The Morgan fingerprint density at radius 2 is 2.11 bits per heavy atom. The van der Waals surface area contributed by atoms with E-state index in [2.05, 4.69) is 19.9 Å². The number of hydrogen-bond acceptors (Lipinski definition) is 5. The Morgan fingerprint density at radius 3 is 2.67 bits per heavy atom. The minimum Gasteiger partial charge on any atom is -0.326 e. The summed E-state index contributed by atoms with van der Waals surface area (Å²) in [6.45, 7) is 0.495. The van der Waals surface area contributed by atoms with Crippen molar-refractivity contribution in [3.05, 3.63) is 41.9 Å². The Labute approximate surface area is 104 Å². The number of nitrogens with one attached hydrogen (secondary N) is 2. The second-order valence-corrected chi connectivity index (χ2v) is 5.35. The zero-order valence-electron chi connectivity index (χ0n) is 9.50. The number of pyridine rings is 1. The number of sulfonamides is 1. The molecule has 2 rings (SSSR count). The van der Waals surface area contributed by atoms with E-state index in [1.54, 1.807) is 18.5 Å². The molecule has 0 aromatic carbocycles. The molecule has 0 spiro atoms. The van der Waals surface area contributed by atoms with Crippen LogP contribution in [0.2, 0.25) is 0 Å². The predicted molar refractivity (Wildman–Crippen MR) is 64.7 cm³/mol. The first-order valence-electron chi connectivity index (χ1n) is 5.24. The third-order valence-corrected chi connectivity index (χ3v) is 3.65. The van der Waals surface area contributed by atoms with Crippen molar-refractivity contribution in [2.45, 2.75) is 18.1 Å². The number of aromatic nitrogens is 3. The van der Waals surface area contributed by atoms with Gasteiger partial charge in [0.25, 0.3) is 10.0 Å². The van der Waals surface area contributed by atoms with Crippen molar-refractivity contribution in [2.75, 3.05) is 0 Å². The average Bonchev–Trinajstić information content (AvgIpc) is 2.90. The Morgan fingerprint density at radius 1 is 1.28 bits per heavy atom. The molecule has 0 radical (unpaired) electrons. The summed E-state index contributed by atoms with van der Waals surface area (Å²) in [6, 6.07) is 3.07. The van der Waals surface area contributed by atoms with Crippen LogP contribution in [0.3, 0.4) is 0 Å². The van der Waals surface area contributed by atoms with Gasteiger partial charge in [-0.2, -0.15) is 5.10 Å². The molecular formula is C10H13N5O2S. The lowest BCUT2D eigenvalue weighted by molar-refractivity contribution is 0.577. The molecule has 0 saturated heterocycles. The van der Waals surface area contributed by atoms with Crippen molar-refractivity contribution >= 4 is 10.0 Å². The molecule has 0 atom stereocenters. The second-order valence-electron chi connectivity index (χ2n) is 3.64. The smallest absolute Gasteiger partial charge is 0.258 e. The van der Waals surface area contributed by atoms with Gasteiger partial charge in [-0.05, 0) is 11.6 Å². The molecule has 0 fully saturated rings. The van der Waals surface area contributed by atoms with Gasteiger partial charge in [0.1, 0.15) is 0 Å². The molecule has 7 nitrogen and oxygen atoms in total. The lowest BCUT2D eigenvalue weighted by Gasteiger charge is -2.05. The molecule has 18 heavy (non-hydrogen) atoms. The van der Waals surface area contributed by atoms with E-state index >= 15 is 0 Å². The van der Waals surface area contributed by atoms with Crippen molar-refractivity contribution in [3.63, 3.8) is 0 Å². The highest BCUT2D eigenvalue weighted by Crippen LogP contribution is 2.07. The van der Waals surface area contributed by atoms with Gasteiger partial charge in [0.05, 0.1) is 6.20 Å². The van der Waals surface area contributed by atoms with Crippen molar-refractivity contribution in [1.29, 1.82) is 0 Å². The monoisotopic (exact) mass is 267 g/mol. The Kier molecular flexibility index (Phi) is 3.70. The SMILES string of the molecule is NCc1ccc(S(=O)(=O)NCc2cn[nH]c2)nc1. The first-order chi connectivity index (χ1) is 8.62. The molecule has 2 aromatic rings. The molecule has 0 bridgehead atoms. The van der Waals surface area contributed by atoms with Gasteiger partial charge >= 0.3 is 0 Å². The van der Waals surface area contributed by atoms with E-state index in [-0.39, 0.29) is 11.6 Å². The zero-order chi connectivity index (χ0) is 13.0. The molecule has 8 heteroatoms. The van der Waals surface area contributed by atoms with Crippen LogP contribution in [0, 0.1) is 0 Å². The Hall–Kier alpha value is -1.77. The molecule has 0 amide bonds. The summed E-state index contributed by atoms with van der Waals surface area (Å²) in [6.07, 6.45) is 4.62. The van der Waals surface area contributed by atoms with Crippen LogP contribution in [-0.2, 0) is 23.1 Å². The second kappa shape index (κ2) is 5.25. The molecule has 96 valence electrons. The van der Waals surface area contributed by atoms with E-state index in [0.29, 0.717) is 6.54 Å². The van der Waals surface area contributed by atoms with E-state index in [4.69, 9.17) is 5.73 Å². The number of hydrogen-bond donors (Lipinski definition) is 3. The molecule has 0 aliphatic rings. The zero-order valence-corrected chi connectivity index (χ0v) is 10.3. The molecule has 2 heterocycles. The van der Waals surface area contributed by atoms with Crippen molar-refractivity contribution < 1.29 is 8.42 Å². The van der Waals surface area contributed by atoms with Gasteiger partial charge in [-0.15, -0.1) is 0 Å². The summed E-state index contributed by atoms with van der Waals surface area (Å²) in [5, 5.41) is 6.31. The molecule has 2 aromatic heterocycles. The van der Waals surface area contributed by atoms with Gasteiger partial charge in [0.15, 0.2) is 5.03 Å². The van der Waals surface area contributed by atoms with Gasteiger partial charge in [-0.25, -0.2) is 18.1 Å².